The Labute approximate surface area is 215 Å². The first-order valence-electron chi connectivity index (χ1n) is 12.3. The van der Waals surface area contributed by atoms with E-state index in [4.69, 9.17) is 23.4 Å². The van der Waals surface area contributed by atoms with E-state index in [0.717, 1.165) is 16.7 Å². The van der Waals surface area contributed by atoms with Crippen molar-refractivity contribution in [2.45, 2.75) is 73.1 Å². The van der Waals surface area contributed by atoms with Crippen molar-refractivity contribution in [2.24, 2.45) is 5.92 Å². The van der Waals surface area contributed by atoms with Gasteiger partial charge in [0.25, 0.3) is 0 Å². The van der Waals surface area contributed by atoms with Gasteiger partial charge in [0.05, 0.1) is 17.4 Å². The fourth-order valence-electron chi connectivity index (χ4n) is 4.78. The van der Waals surface area contributed by atoms with Crippen LogP contribution < -0.4 is 10.2 Å². The molecule has 1 aliphatic heterocycles. The summed E-state index contributed by atoms with van der Waals surface area (Å²) in [6.07, 6.45) is -3.32. The molecule has 1 saturated heterocycles. The summed E-state index contributed by atoms with van der Waals surface area (Å²) >= 11 is 0. The zero-order valence-corrected chi connectivity index (χ0v) is 22.1. The smallest absolute Gasteiger partial charge is 0.303 e. The van der Waals surface area contributed by atoms with Crippen molar-refractivity contribution in [3.05, 3.63) is 63.3 Å². The van der Waals surface area contributed by atoms with E-state index in [1.54, 1.807) is 13.8 Å². The molecule has 0 spiro atoms. The van der Waals surface area contributed by atoms with Crippen molar-refractivity contribution in [1.29, 1.82) is 0 Å². The van der Waals surface area contributed by atoms with Crippen LogP contribution in [0.4, 0.5) is 0 Å². The molecule has 1 aliphatic rings. The van der Waals surface area contributed by atoms with E-state index in [9.17, 15) is 14.4 Å². The highest BCUT2D eigenvalue weighted by Crippen LogP contribution is 2.37. The molecule has 5 unspecified atom stereocenters. The summed E-state index contributed by atoms with van der Waals surface area (Å²) < 4.78 is 29.6. The summed E-state index contributed by atoms with van der Waals surface area (Å²) in [4.78, 5) is 37.5. The molecule has 5 atom stereocenters. The molecule has 1 aromatic heterocycles. The molecule has 2 aromatic carbocycles. The third-order valence-corrected chi connectivity index (χ3v) is 6.53. The largest absolute Gasteiger partial charge is 0.458 e. The fraction of sp³-hybridized carbons (Fsp3) is 0.414. The topological polar surface area (TPSA) is 101 Å². The number of esters is 2. The van der Waals surface area contributed by atoms with Crippen molar-refractivity contribution in [3.8, 4) is 17.1 Å². The van der Waals surface area contributed by atoms with Gasteiger partial charge >= 0.3 is 11.9 Å². The molecule has 0 N–H and O–H groups in total. The lowest BCUT2D eigenvalue weighted by molar-refractivity contribution is -0.257. The van der Waals surface area contributed by atoms with Gasteiger partial charge in [-0.1, -0.05) is 42.8 Å². The Morgan fingerprint density at radius 2 is 1.49 bits per heavy atom. The van der Waals surface area contributed by atoms with Crippen LogP contribution in [0.3, 0.4) is 0 Å². The second kappa shape index (κ2) is 10.4. The number of benzene rings is 2. The van der Waals surface area contributed by atoms with E-state index in [2.05, 4.69) is 0 Å². The molecule has 3 aromatic rings. The Morgan fingerprint density at radius 1 is 0.865 bits per heavy atom. The molecule has 2 heterocycles. The van der Waals surface area contributed by atoms with Crippen molar-refractivity contribution in [3.63, 3.8) is 0 Å². The Balaban J connectivity index is 1.83. The van der Waals surface area contributed by atoms with Crippen LogP contribution in [-0.4, -0.2) is 36.5 Å². The molecular weight excluding hydrogens is 476 g/mol. The summed E-state index contributed by atoms with van der Waals surface area (Å²) in [6.45, 7) is 11.8. The van der Waals surface area contributed by atoms with E-state index in [1.807, 2.05) is 57.2 Å². The minimum Gasteiger partial charge on any atom is -0.458 e. The number of fused-ring (bicyclic) bond motifs is 1. The monoisotopic (exact) mass is 508 g/mol. The second-order valence-corrected chi connectivity index (χ2v) is 9.75. The van der Waals surface area contributed by atoms with Gasteiger partial charge in [-0.2, -0.15) is 0 Å². The third-order valence-electron chi connectivity index (χ3n) is 6.53. The van der Waals surface area contributed by atoms with Crippen molar-refractivity contribution >= 4 is 22.9 Å². The number of rotatable bonds is 5. The quantitative estimate of drug-likeness (QED) is 0.444. The van der Waals surface area contributed by atoms with Gasteiger partial charge in [0.2, 0.25) is 17.5 Å². The van der Waals surface area contributed by atoms with Gasteiger partial charge in [0.1, 0.15) is 11.7 Å². The lowest BCUT2D eigenvalue weighted by Crippen LogP contribution is -2.57. The van der Waals surface area contributed by atoms with Gasteiger partial charge < -0.3 is 23.4 Å². The zero-order valence-electron chi connectivity index (χ0n) is 22.1. The van der Waals surface area contributed by atoms with Crippen molar-refractivity contribution in [2.75, 3.05) is 0 Å². The number of aryl methyl sites for hydroxylation is 3. The Morgan fingerprint density at radius 3 is 2.11 bits per heavy atom. The predicted octanol–water partition coefficient (Wildman–Crippen LogP) is 5.01. The first-order valence-corrected chi connectivity index (χ1v) is 12.3. The molecule has 8 heteroatoms. The van der Waals surface area contributed by atoms with Crippen LogP contribution in [0.2, 0.25) is 0 Å². The molecule has 37 heavy (non-hydrogen) atoms. The molecule has 196 valence electrons. The minimum atomic E-state index is -0.985. The fourth-order valence-corrected chi connectivity index (χ4v) is 4.78. The lowest BCUT2D eigenvalue weighted by atomic mass is 9.92. The normalized spacial score (nSPS) is 23.5. The molecule has 4 rings (SSSR count). The predicted molar refractivity (Wildman–Crippen MR) is 137 cm³/mol. The molecule has 0 radical (unpaired) electrons. The number of ether oxygens (including phenoxy) is 4. The van der Waals surface area contributed by atoms with Gasteiger partial charge in [-0.15, -0.1) is 0 Å². The maximum absolute atomic E-state index is 13.9. The highest BCUT2D eigenvalue weighted by Gasteiger charge is 2.47. The highest BCUT2D eigenvalue weighted by atomic mass is 16.7. The van der Waals surface area contributed by atoms with E-state index in [1.165, 1.54) is 13.8 Å². The zero-order chi connectivity index (χ0) is 27.0. The lowest BCUT2D eigenvalue weighted by Gasteiger charge is -2.42. The van der Waals surface area contributed by atoms with Crippen molar-refractivity contribution in [1.82, 2.24) is 0 Å². The van der Waals surface area contributed by atoms with Crippen LogP contribution in [-0.2, 0) is 23.8 Å². The SMILES string of the molecule is CC(=O)OC1C(C)OC(Oc2c(-c3ccc(C)cc3)oc3cc(C)cc(C)c3c2=O)C(C)C1OC(C)=O. The van der Waals surface area contributed by atoms with E-state index < -0.39 is 42.5 Å². The molecule has 0 amide bonds. The standard InChI is InChI=1S/C29H32O8/c1-14-8-10-21(11-9-14)27-28(24(32)23-16(3)12-15(2)13-22(23)36-27)37-29-17(4)25(34-19(6)30)26(18(5)33-29)35-20(7)31/h8-13,17-18,25-26,29H,1-7H3. The Kier molecular flexibility index (Phi) is 7.41. The van der Waals surface area contributed by atoms with E-state index >= 15 is 0 Å². The van der Waals surface area contributed by atoms with Gasteiger partial charge in [0, 0.05) is 19.4 Å². The van der Waals surface area contributed by atoms with Crippen LogP contribution in [0.1, 0.15) is 44.4 Å². The van der Waals surface area contributed by atoms with Crippen LogP contribution >= 0.6 is 0 Å². The summed E-state index contributed by atoms with van der Waals surface area (Å²) in [5, 5.41) is 0.419. The average molecular weight is 509 g/mol. The molecule has 8 nitrogen and oxygen atoms in total. The number of carbonyl (C=O) groups excluding carboxylic acids is 2. The van der Waals surface area contributed by atoms with Crippen LogP contribution in [0.25, 0.3) is 22.3 Å². The maximum atomic E-state index is 13.9. The summed E-state index contributed by atoms with van der Waals surface area (Å²) in [5.41, 5.74) is 3.59. The molecule has 0 aliphatic carbocycles. The third kappa shape index (κ3) is 5.39. The highest BCUT2D eigenvalue weighted by molar-refractivity contribution is 5.85. The van der Waals surface area contributed by atoms with Gasteiger partial charge in [-0.05, 0) is 44.9 Å². The number of carbonyl (C=O) groups is 2. The van der Waals surface area contributed by atoms with E-state index in [-0.39, 0.29) is 16.9 Å². The molecule has 0 bridgehead atoms. The first-order chi connectivity index (χ1) is 17.5. The maximum Gasteiger partial charge on any atom is 0.303 e. The first kappa shape index (κ1) is 26.4. The number of hydrogen-bond acceptors (Lipinski definition) is 8. The Hall–Kier alpha value is -3.65. The second-order valence-electron chi connectivity index (χ2n) is 9.75. The summed E-state index contributed by atoms with van der Waals surface area (Å²) in [5.74, 6) is -1.35. The van der Waals surface area contributed by atoms with Crippen LogP contribution in [0, 0.1) is 26.7 Å². The molecular formula is C29H32O8. The van der Waals surface area contributed by atoms with Gasteiger partial charge in [-0.25, -0.2) is 0 Å². The van der Waals surface area contributed by atoms with Gasteiger partial charge in [-0.3, -0.25) is 14.4 Å². The summed E-state index contributed by atoms with van der Waals surface area (Å²) in [7, 11) is 0. The molecule has 0 saturated carbocycles. The van der Waals surface area contributed by atoms with Gasteiger partial charge in [0.15, 0.2) is 11.9 Å². The average Bonchev–Trinajstić information content (AvgIpc) is 2.80. The molecule has 1 fully saturated rings. The minimum absolute atomic E-state index is 0.000123. The van der Waals surface area contributed by atoms with Crippen LogP contribution in [0.15, 0.2) is 45.6 Å². The van der Waals surface area contributed by atoms with Crippen LogP contribution in [0.5, 0.6) is 5.75 Å². The summed E-state index contributed by atoms with van der Waals surface area (Å²) in [6, 6.07) is 11.3. The van der Waals surface area contributed by atoms with E-state index in [0.29, 0.717) is 16.5 Å². The number of hydrogen-bond donors (Lipinski definition) is 0. The van der Waals surface area contributed by atoms with Crippen molar-refractivity contribution < 1.29 is 33.0 Å². The Bertz CT molecular complexity index is 1390.